The lowest BCUT2D eigenvalue weighted by molar-refractivity contribution is -0.270. The van der Waals surface area contributed by atoms with E-state index in [0.717, 1.165) is 98.8 Å². The molecule has 37 heteroatoms. The van der Waals surface area contributed by atoms with Crippen molar-refractivity contribution in [2.75, 3.05) is 40.8 Å². The zero-order chi connectivity index (χ0) is 83.2. The number of likely N-dealkylation sites (N-methyl/N-ethyl adjacent to an activating group) is 2. The maximum atomic E-state index is 16.4. The number of aromatic hydroxyl groups is 3. The van der Waals surface area contributed by atoms with E-state index in [9.17, 15) is 58.9 Å². The predicted molar refractivity (Wildman–Crippen MR) is 413 cm³/mol. The van der Waals surface area contributed by atoms with E-state index in [2.05, 4.69) is 42.5 Å². The van der Waals surface area contributed by atoms with Crippen LogP contribution in [0.5, 0.6) is 51.7 Å². The van der Waals surface area contributed by atoms with Crippen molar-refractivity contribution in [1.29, 1.82) is 0 Å². The molecule has 0 unspecified atom stereocenters. The maximum absolute atomic E-state index is 16.4. The molecule has 0 radical (unpaired) electrons. The summed E-state index contributed by atoms with van der Waals surface area (Å²) in [5.41, 5.74) is 3.68. The molecular formula is C79H91Cl2N11O23S. The number of sulfonamides is 1. The summed E-state index contributed by atoms with van der Waals surface area (Å²) >= 11 is 14.3. The zero-order valence-electron chi connectivity index (χ0n) is 63.3. The molecule has 8 amide bonds. The lowest BCUT2D eigenvalue weighted by Crippen LogP contribution is -2.60. The second-order valence-electron chi connectivity index (χ2n) is 31.0. The monoisotopic (exact) mass is 1660 g/mol. The minimum Gasteiger partial charge on any atom is -0.508 e. The summed E-state index contributed by atoms with van der Waals surface area (Å²) in [4.78, 5) is 125. The van der Waals surface area contributed by atoms with Crippen molar-refractivity contribution in [2.24, 2.45) is 35.3 Å². The minimum absolute atomic E-state index is 0.0608. The number of nitrogens with one attached hydrogen (secondary N) is 9. The van der Waals surface area contributed by atoms with Gasteiger partial charge in [-0.1, -0.05) is 55.2 Å². The summed E-state index contributed by atoms with van der Waals surface area (Å²) < 4.78 is 61.6. The fourth-order valence-electron chi connectivity index (χ4n) is 16.5. The first-order valence-electron chi connectivity index (χ1n) is 37.8. The van der Waals surface area contributed by atoms with Crippen LogP contribution < -0.4 is 71.9 Å². The third-order valence-corrected chi connectivity index (χ3v) is 24.2. The number of rotatable bonds is 18. The number of aliphatic hydroxyl groups is 5. The maximum Gasteiger partial charge on any atom is 0.264 e. The normalized spacial score (nSPS) is 28.0. The van der Waals surface area contributed by atoms with Gasteiger partial charge in [-0.2, -0.15) is 0 Å². The van der Waals surface area contributed by atoms with E-state index in [0.29, 0.717) is 18.4 Å². The second-order valence-corrected chi connectivity index (χ2v) is 33.5. The number of hydrogen-bond acceptors (Lipinski definition) is 26. The van der Waals surface area contributed by atoms with E-state index in [1.807, 2.05) is 23.7 Å². The second kappa shape index (κ2) is 34.6. The van der Waals surface area contributed by atoms with Gasteiger partial charge < -0.3 is 118 Å². The first-order chi connectivity index (χ1) is 55.1. The molecule has 0 spiro atoms. The van der Waals surface area contributed by atoms with Gasteiger partial charge in [0.25, 0.3) is 10.0 Å². The van der Waals surface area contributed by atoms with E-state index < -0.39 is 205 Å². The molecule has 1 saturated heterocycles. The predicted octanol–water partition coefficient (Wildman–Crippen LogP) is 2.65. The summed E-state index contributed by atoms with van der Waals surface area (Å²) in [6, 6.07) is 4.39. The number of benzene rings is 6. The molecule has 14 atom stereocenters. The highest BCUT2D eigenvalue weighted by Gasteiger charge is 2.51. The number of hydrogen-bond donors (Lipinski definition) is 18. The van der Waals surface area contributed by atoms with Crippen LogP contribution in [0.4, 0.5) is 0 Å². The molecule has 6 aliphatic heterocycles. The smallest absolute Gasteiger partial charge is 0.264 e. The first kappa shape index (κ1) is 83.8. The number of nitrogens with zero attached hydrogens (tertiary/aromatic N) is 1. The molecule has 4 aliphatic carbocycles. The Morgan fingerprint density at radius 1 is 0.647 bits per heavy atom. The number of carbonyl (C=O) groups is 8. The van der Waals surface area contributed by atoms with Crippen LogP contribution in [0.1, 0.15) is 117 Å². The van der Waals surface area contributed by atoms with Crippen LogP contribution >= 0.6 is 23.2 Å². The van der Waals surface area contributed by atoms with Crippen molar-refractivity contribution in [1.82, 2.24) is 52.2 Å². The fraction of sp³-hybridized carbons (Fsp3) is 0.443. The highest BCUT2D eigenvalue weighted by molar-refractivity contribution is 7.90. The molecule has 34 nitrogen and oxygen atoms in total. The molecule has 5 fully saturated rings. The van der Waals surface area contributed by atoms with E-state index in [1.54, 1.807) is 13.8 Å². The number of aliphatic hydroxyl groups excluding tert-OH is 5. The zero-order valence-corrected chi connectivity index (χ0v) is 65.7. The topological polar surface area (TPSA) is 516 Å². The highest BCUT2D eigenvalue weighted by atomic mass is 35.5. The minimum atomic E-state index is -4.90. The molecule has 4 saturated carbocycles. The summed E-state index contributed by atoms with van der Waals surface area (Å²) in [6.45, 7) is 3.85. The van der Waals surface area contributed by atoms with Crippen LogP contribution in [0.15, 0.2) is 108 Å². The van der Waals surface area contributed by atoms with Crippen LogP contribution in [-0.4, -0.2) is 203 Å². The quantitative estimate of drug-likeness (QED) is 0.0588. The van der Waals surface area contributed by atoms with Crippen LogP contribution in [0.25, 0.3) is 11.1 Å². The lowest BCUT2D eigenvalue weighted by Gasteiger charge is -2.54. The molecule has 6 aromatic rings. The van der Waals surface area contributed by atoms with Gasteiger partial charge in [-0.25, -0.2) is 13.1 Å². The van der Waals surface area contributed by atoms with Crippen molar-refractivity contribution in [2.45, 2.75) is 155 Å². The van der Waals surface area contributed by atoms with E-state index in [-0.39, 0.29) is 92.5 Å². The number of phenolic OH excluding ortho intramolecular Hbond substituents is 3. The largest absolute Gasteiger partial charge is 0.508 e. The van der Waals surface area contributed by atoms with Gasteiger partial charge in [0.05, 0.1) is 27.4 Å². The molecule has 16 rings (SSSR count). The van der Waals surface area contributed by atoms with Crippen molar-refractivity contribution in [3.05, 3.63) is 141 Å². The van der Waals surface area contributed by atoms with E-state index in [4.69, 9.17) is 52.6 Å². The van der Waals surface area contributed by atoms with Gasteiger partial charge in [0, 0.05) is 36.3 Å². The Morgan fingerprint density at radius 3 is 1.85 bits per heavy atom. The van der Waals surface area contributed by atoms with Crippen molar-refractivity contribution in [3.63, 3.8) is 0 Å². The molecule has 6 heterocycles. The number of ether oxygens (including phenoxy) is 5. The highest BCUT2D eigenvalue weighted by Crippen LogP contribution is 2.55. The standard InChI is InChI=1S/C79H91Cl2N11O23S/c1-33(2)18-49(83-3)72(102)89-64-66(97)37-7-14-53(47(80)25-37)112-55-27-41-28-56(71(55)115-79-70(101)69(100)68(99)57(32-82)114-79)113-54-15-8-38(26-48(54)81)67(98)65-78(108)88-63(76(106)85-60-39-20-34-19-35(22-39)23-40(60)21-34)46-29-42(93)30-52(95)59(46)45-24-36(6-13-51(45)94)61(74(104)90-65)87-75(105)62(41)86-73(103)50(84-77(64)107)31-58(96)91-116(109,110)44-11-9-43(10-12-44)111-17-16-92(4)5/h6-15,24-30,33-35,39-40,49-50,57,60-70,79,83,93-95,97-101H,16-23,31-32,82H2,1-5H3,(H,84,107)(H,85,106)(H,86,103)(H,87,105)(H,88,108)(H,89,102)(H,90,104)(H,91,96)/t34?,35?,39?,40?,49-,50+,57-,60?,61-,62-,63+,64-,65+,66-,67-,68-,69+,70-,79+/m1/s1. The summed E-state index contributed by atoms with van der Waals surface area (Å²) in [5, 5.41) is 115. The average Bonchev–Trinajstić information content (AvgIpc) is 0.757. The Morgan fingerprint density at radius 2 is 1.25 bits per heavy atom. The van der Waals surface area contributed by atoms with Gasteiger partial charge in [0.2, 0.25) is 59.3 Å². The molecule has 0 aromatic heterocycles. The number of phenols is 3. The van der Waals surface area contributed by atoms with Gasteiger partial charge in [0.15, 0.2) is 11.5 Å². The van der Waals surface area contributed by atoms with E-state index >= 15 is 28.8 Å². The molecule has 19 N–H and O–H groups in total. The number of amides is 8. The van der Waals surface area contributed by atoms with Crippen LogP contribution in [0.2, 0.25) is 10.0 Å². The van der Waals surface area contributed by atoms with Crippen molar-refractivity contribution in [3.8, 4) is 62.9 Å². The summed E-state index contributed by atoms with van der Waals surface area (Å²) in [5.74, 6) is -13.8. The Kier molecular flexibility index (Phi) is 25.0. The molecular weight excluding hydrogens is 1570 g/mol. The molecule has 620 valence electrons. The van der Waals surface area contributed by atoms with Crippen molar-refractivity contribution >= 4 is 80.5 Å². The molecule has 10 aliphatic rings. The average molecular weight is 1670 g/mol. The third kappa shape index (κ3) is 17.9. The van der Waals surface area contributed by atoms with Crippen LogP contribution in [0.3, 0.4) is 0 Å². The number of carbonyl (C=O) groups excluding carboxylic acids is 8. The fourth-order valence-corrected chi connectivity index (χ4v) is 17.9. The van der Waals surface area contributed by atoms with Gasteiger partial charge in [-0.15, -0.1) is 0 Å². The lowest BCUT2D eigenvalue weighted by atomic mass is 9.54. The number of fused-ring (bicyclic) bond motifs is 15. The van der Waals surface area contributed by atoms with Gasteiger partial charge in [-0.3, -0.25) is 38.4 Å². The van der Waals surface area contributed by atoms with Gasteiger partial charge >= 0.3 is 0 Å². The Bertz CT molecular complexity index is 4900. The Labute approximate surface area is 675 Å². The summed E-state index contributed by atoms with van der Waals surface area (Å²) in [7, 11) is 0.194. The molecule has 6 aromatic carbocycles. The first-order valence-corrected chi connectivity index (χ1v) is 40.1. The van der Waals surface area contributed by atoms with Crippen molar-refractivity contribution < 1.29 is 111 Å². The van der Waals surface area contributed by atoms with Gasteiger partial charge in [0.1, 0.15) is 114 Å². The Balaban J connectivity index is 0.996. The number of nitrogens with two attached hydrogens (primary N) is 1. The molecule has 116 heavy (non-hydrogen) atoms. The van der Waals surface area contributed by atoms with E-state index in [1.165, 1.54) is 43.4 Å². The third-order valence-electron chi connectivity index (χ3n) is 22.2. The SMILES string of the molecule is CN[C@H](CC(C)C)C(=O)N[C@H]1C(=O)N[C@@H](CC(=O)NS(=O)(=O)c2ccc(OCCN(C)C)cc2)C(=O)N[C@H]2C(=O)N[C@H]3C(=O)N[C@H](C(=O)N[C@H](C(=O)NC4C5CC6CC(C5)CC4C6)c4cc(O)cc(O)c4-c4cc3ccc4O)[C@H](O)c3ccc(c(Cl)c3)Oc3cc2cc(c3O[C@@H]2O[C@H](CN)[C@@H](O)[C@H](O)[C@H]2O)Oc2ccc(cc2Cl)[C@H]1O. The Hall–Kier alpha value is -10.2. The summed E-state index contributed by atoms with van der Waals surface area (Å²) in [6.07, 6.45) is -10.6. The van der Waals surface area contributed by atoms with Gasteiger partial charge in [-0.05, 0) is 196 Å². The van der Waals surface area contributed by atoms with Crippen LogP contribution in [0, 0.1) is 29.6 Å². The van der Waals surface area contributed by atoms with Crippen LogP contribution in [-0.2, 0) is 53.1 Å². The number of halogens is 2. The molecule has 15 bridgehead atoms.